The predicted molar refractivity (Wildman–Crippen MR) is 54.2 cm³/mol. The maximum Gasteiger partial charge on any atom is 0.344 e. The van der Waals surface area contributed by atoms with Crippen LogP contribution in [-0.4, -0.2) is 29.7 Å². The molecule has 0 aromatic heterocycles. The summed E-state index contributed by atoms with van der Waals surface area (Å²) in [5.74, 6) is -2.43. The van der Waals surface area contributed by atoms with Crippen LogP contribution >= 0.6 is 0 Å². The maximum absolute atomic E-state index is 12.8. The molecule has 3 amide bonds. The summed E-state index contributed by atoms with van der Waals surface area (Å²) in [6.07, 6.45) is 1.17. The van der Waals surface area contributed by atoms with E-state index in [1.807, 2.05) is 5.32 Å². The van der Waals surface area contributed by atoms with Gasteiger partial charge >= 0.3 is 6.03 Å². The van der Waals surface area contributed by atoms with Crippen molar-refractivity contribution in [1.29, 1.82) is 0 Å². The number of imide groups is 1. The molecule has 88 valence electrons. The van der Waals surface area contributed by atoms with Gasteiger partial charge in [0.25, 0.3) is 0 Å². The number of halogens is 2. The maximum atomic E-state index is 12.8. The lowest BCUT2D eigenvalue weighted by molar-refractivity contribution is -0.118. The monoisotopic (exact) mass is 239 g/mol. The van der Waals surface area contributed by atoms with Crippen molar-refractivity contribution >= 4 is 18.2 Å². The quantitative estimate of drug-likeness (QED) is 0.614. The minimum atomic E-state index is -1.00. The van der Waals surface area contributed by atoms with Gasteiger partial charge in [-0.2, -0.15) is 5.10 Å². The van der Waals surface area contributed by atoms with Gasteiger partial charge in [-0.3, -0.25) is 10.1 Å². The molecule has 0 aliphatic carbocycles. The van der Waals surface area contributed by atoms with Crippen LogP contribution in [0.15, 0.2) is 23.3 Å². The van der Waals surface area contributed by atoms with E-state index >= 15 is 0 Å². The van der Waals surface area contributed by atoms with Gasteiger partial charge in [0.2, 0.25) is 5.91 Å². The van der Waals surface area contributed by atoms with Crippen molar-refractivity contribution < 1.29 is 18.4 Å². The molecule has 0 spiro atoms. The summed E-state index contributed by atoms with van der Waals surface area (Å²) in [5, 5.41) is 6.60. The summed E-state index contributed by atoms with van der Waals surface area (Å²) in [6, 6.07) is 2.55. The fourth-order valence-corrected chi connectivity index (χ4v) is 1.25. The van der Waals surface area contributed by atoms with Gasteiger partial charge in [0, 0.05) is 0 Å². The topological polar surface area (TPSA) is 61.8 Å². The molecule has 2 rings (SSSR count). The fraction of sp³-hybridized carbons (Fsp3) is 0.100. The number of rotatable bonds is 2. The minimum absolute atomic E-state index is 0.182. The third-order valence-electron chi connectivity index (χ3n) is 2.06. The smallest absolute Gasteiger partial charge is 0.275 e. The molecule has 1 heterocycles. The molecule has 1 saturated heterocycles. The molecule has 1 N–H and O–H groups in total. The SMILES string of the molecule is O=C1CN(/N=C/c2ccc(F)c(F)c2)C(=O)N1. The fourth-order valence-electron chi connectivity index (χ4n) is 1.25. The first-order valence-corrected chi connectivity index (χ1v) is 4.66. The number of amides is 3. The number of carbonyl (C=O) groups is 2. The molecule has 1 aromatic rings. The highest BCUT2D eigenvalue weighted by atomic mass is 19.2. The zero-order valence-corrected chi connectivity index (χ0v) is 8.48. The van der Waals surface area contributed by atoms with E-state index in [0.29, 0.717) is 0 Å². The van der Waals surface area contributed by atoms with Crippen LogP contribution < -0.4 is 5.32 Å². The first-order chi connectivity index (χ1) is 8.06. The zero-order chi connectivity index (χ0) is 12.4. The van der Waals surface area contributed by atoms with Crippen molar-refractivity contribution in [3.63, 3.8) is 0 Å². The Labute approximate surface area is 94.7 Å². The average molecular weight is 239 g/mol. The molecule has 5 nitrogen and oxygen atoms in total. The second-order valence-corrected chi connectivity index (χ2v) is 3.33. The summed E-state index contributed by atoms with van der Waals surface area (Å²) in [4.78, 5) is 21.9. The van der Waals surface area contributed by atoms with Gasteiger partial charge in [-0.25, -0.2) is 18.6 Å². The van der Waals surface area contributed by atoms with Crippen molar-refractivity contribution in [3.05, 3.63) is 35.4 Å². The van der Waals surface area contributed by atoms with E-state index < -0.39 is 23.6 Å². The Balaban J connectivity index is 2.12. The number of nitrogens with one attached hydrogen (secondary N) is 1. The number of nitrogens with zero attached hydrogens (tertiary/aromatic N) is 2. The number of hydrogen-bond donors (Lipinski definition) is 1. The van der Waals surface area contributed by atoms with E-state index in [9.17, 15) is 18.4 Å². The highest BCUT2D eigenvalue weighted by Crippen LogP contribution is 2.07. The Morgan fingerprint density at radius 1 is 1.29 bits per heavy atom. The van der Waals surface area contributed by atoms with E-state index in [1.165, 1.54) is 12.3 Å². The lowest BCUT2D eigenvalue weighted by atomic mass is 10.2. The van der Waals surface area contributed by atoms with E-state index in [4.69, 9.17) is 0 Å². The molecule has 7 heteroatoms. The molecule has 0 saturated carbocycles. The molecule has 1 fully saturated rings. The van der Waals surface area contributed by atoms with Crippen molar-refractivity contribution in [1.82, 2.24) is 10.3 Å². The molecule has 0 atom stereocenters. The van der Waals surface area contributed by atoms with Crippen LogP contribution in [0, 0.1) is 11.6 Å². The first-order valence-electron chi connectivity index (χ1n) is 4.66. The number of benzene rings is 1. The molecule has 1 aromatic carbocycles. The van der Waals surface area contributed by atoms with Crippen LogP contribution in [0.5, 0.6) is 0 Å². The number of carbonyl (C=O) groups excluding carboxylic acids is 2. The van der Waals surface area contributed by atoms with E-state index in [0.717, 1.165) is 17.1 Å². The van der Waals surface area contributed by atoms with Gasteiger partial charge in [0.05, 0.1) is 6.21 Å². The Bertz CT molecular complexity index is 516. The highest BCUT2D eigenvalue weighted by molar-refractivity contribution is 6.02. The number of hydrazone groups is 1. The van der Waals surface area contributed by atoms with Crippen molar-refractivity contribution in [2.75, 3.05) is 6.54 Å². The Morgan fingerprint density at radius 3 is 2.65 bits per heavy atom. The molecule has 1 aliphatic rings. The van der Waals surface area contributed by atoms with Gasteiger partial charge < -0.3 is 0 Å². The van der Waals surface area contributed by atoms with Crippen molar-refractivity contribution in [2.24, 2.45) is 5.10 Å². The Kier molecular flexibility index (Phi) is 2.82. The molecule has 0 bridgehead atoms. The standard InChI is InChI=1S/C10H7F2N3O2/c11-7-2-1-6(3-8(7)12)4-13-15-5-9(16)14-10(15)17/h1-4H,5H2,(H,14,16,17)/b13-4+. The number of hydrogen-bond acceptors (Lipinski definition) is 3. The molecule has 1 aliphatic heterocycles. The van der Waals surface area contributed by atoms with Crippen LogP contribution in [-0.2, 0) is 4.79 Å². The summed E-state index contributed by atoms with van der Waals surface area (Å²) >= 11 is 0. The second kappa shape index (κ2) is 4.28. The third-order valence-corrected chi connectivity index (χ3v) is 2.06. The summed E-state index contributed by atoms with van der Waals surface area (Å²) in [5.41, 5.74) is 0.288. The second-order valence-electron chi connectivity index (χ2n) is 3.33. The van der Waals surface area contributed by atoms with Crippen LogP contribution in [0.4, 0.5) is 13.6 Å². The Hall–Kier alpha value is -2.31. The minimum Gasteiger partial charge on any atom is -0.275 e. The van der Waals surface area contributed by atoms with Crippen molar-refractivity contribution in [2.45, 2.75) is 0 Å². The molecular weight excluding hydrogens is 232 g/mol. The van der Waals surface area contributed by atoms with Crippen LogP contribution in [0.1, 0.15) is 5.56 Å². The van der Waals surface area contributed by atoms with Gasteiger partial charge in [0.1, 0.15) is 6.54 Å². The van der Waals surface area contributed by atoms with Gasteiger partial charge in [0.15, 0.2) is 11.6 Å². The van der Waals surface area contributed by atoms with E-state index in [1.54, 1.807) is 0 Å². The first kappa shape index (κ1) is 11.2. The molecular formula is C10H7F2N3O2. The molecule has 0 radical (unpaired) electrons. The van der Waals surface area contributed by atoms with Crippen LogP contribution in [0.2, 0.25) is 0 Å². The third kappa shape index (κ3) is 2.44. The summed E-state index contributed by atoms with van der Waals surface area (Å²) in [7, 11) is 0. The van der Waals surface area contributed by atoms with E-state index in [2.05, 4.69) is 5.10 Å². The largest absolute Gasteiger partial charge is 0.344 e. The predicted octanol–water partition coefficient (Wildman–Crippen LogP) is 0.851. The number of urea groups is 1. The Morgan fingerprint density at radius 2 is 2.06 bits per heavy atom. The van der Waals surface area contributed by atoms with Crippen molar-refractivity contribution in [3.8, 4) is 0 Å². The summed E-state index contributed by atoms with van der Waals surface area (Å²) in [6.45, 7) is -0.182. The normalized spacial score (nSPS) is 15.8. The van der Waals surface area contributed by atoms with Gasteiger partial charge in [-0.1, -0.05) is 6.07 Å². The van der Waals surface area contributed by atoms with Gasteiger partial charge in [-0.05, 0) is 17.7 Å². The molecule has 0 unspecified atom stereocenters. The van der Waals surface area contributed by atoms with E-state index in [-0.39, 0.29) is 12.1 Å². The lowest BCUT2D eigenvalue weighted by Crippen LogP contribution is -2.24. The van der Waals surface area contributed by atoms with Crippen LogP contribution in [0.25, 0.3) is 0 Å². The van der Waals surface area contributed by atoms with Crippen LogP contribution in [0.3, 0.4) is 0 Å². The zero-order valence-electron chi connectivity index (χ0n) is 8.48. The lowest BCUT2D eigenvalue weighted by Gasteiger charge is -2.04. The molecule has 17 heavy (non-hydrogen) atoms. The van der Waals surface area contributed by atoms with Gasteiger partial charge in [-0.15, -0.1) is 0 Å². The summed E-state index contributed by atoms with van der Waals surface area (Å²) < 4.78 is 25.4. The highest BCUT2D eigenvalue weighted by Gasteiger charge is 2.25. The average Bonchev–Trinajstić information content (AvgIpc) is 2.59.